The molecule has 1 N–H and O–H groups in total. The van der Waals surface area contributed by atoms with E-state index in [1.807, 2.05) is 24.3 Å². The molecule has 16 heavy (non-hydrogen) atoms. The first-order valence-corrected chi connectivity index (χ1v) is 5.76. The first-order valence-electron chi connectivity index (χ1n) is 5.39. The third kappa shape index (κ3) is 3.46. The summed E-state index contributed by atoms with van der Waals surface area (Å²) in [4.78, 5) is 0. The van der Waals surface area contributed by atoms with Gasteiger partial charge in [0.15, 0.2) is 5.75 Å². The van der Waals surface area contributed by atoms with Gasteiger partial charge in [-0.05, 0) is 31.9 Å². The van der Waals surface area contributed by atoms with Gasteiger partial charge in [0, 0.05) is 6.04 Å². The lowest BCUT2D eigenvalue weighted by atomic mass is 10.1. The number of allylic oxidation sites excluding steroid dienone is 1. The van der Waals surface area contributed by atoms with Gasteiger partial charge in [-0.15, -0.1) is 6.58 Å². The van der Waals surface area contributed by atoms with Crippen molar-refractivity contribution in [3.8, 4) is 5.75 Å². The highest BCUT2D eigenvalue weighted by molar-refractivity contribution is 6.32. The van der Waals surface area contributed by atoms with Crippen LogP contribution in [0.15, 0.2) is 30.9 Å². The second-order valence-corrected chi connectivity index (χ2v) is 4.14. The van der Waals surface area contributed by atoms with Crippen LogP contribution in [0.4, 0.5) is 5.69 Å². The Labute approximate surface area is 102 Å². The summed E-state index contributed by atoms with van der Waals surface area (Å²) in [6.45, 7) is 5.84. The fraction of sp³-hybridized carbons (Fsp3) is 0.385. The topological polar surface area (TPSA) is 21.3 Å². The molecule has 3 heteroatoms. The average molecular weight is 240 g/mol. The Hall–Kier alpha value is -1.15. The first-order chi connectivity index (χ1) is 7.69. The number of anilines is 1. The van der Waals surface area contributed by atoms with E-state index < -0.39 is 0 Å². The smallest absolute Gasteiger partial charge is 0.160 e. The van der Waals surface area contributed by atoms with Gasteiger partial charge in [0.2, 0.25) is 0 Å². The molecule has 1 unspecified atom stereocenters. The number of hydrogen-bond donors (Lipinski definition) is 1. The van der Waals surface area contributed by atoms with Gasteiger partial charge in [-0.2, -0.15) is 0 Å². The summed E-state index contributed by atoms with van der Waals surface area (Å²) in [6, 6.07) is 6.06. The molecule has 1 atom stereocenters. The van der Waals surface area contributed by atoms with Crippen LogP contribution in [0.2, 0.25) is 5.02 Å². The second-order valence-electron chi connectivity index (χ2n) is 3.73. The quantitative estimate of drug-likeness (QED) is 0.755. The van der Waals surface area contributed by atoms with E-state index in [-0.39, 0.29) is 0 Å². The summed E-state index contributed by atoms with van der Waals surface area (Å²) in [5.41, 5.74) is 0.937. The van der Waals surface area contributed by atoms with E-state index in [0.717, 1.165) is 18.5 Å². The van der Waals surface area contributed by atoms with E-state index in [4.69, 9.17) is 16.3 Å². The highest BCUT2D eigenvalue weighted by Gasteiger charge is 2.09. The number of ether oxygens (including phenoxy) is 1. The molecule has 0 saturated carbocycles. The molecule has 1 rings (SSSR count). The third-order valence-electron chi connectivity index (χ3n) is 2.38. The predicted molar refractivity (Wildman–Crippen MR) is 70.5 cm³/mol. The Morgan fingerprint density at radius 2 is 2.31 bits per heavy atom. The normalized spacial score (nSPS) is 11.9. The molecule has 1 aromatic carbocycles. The molecule has 88 valence electrons. The van der Waals surface area contributed by atoms with Crippen molar-refractivity contribution in [3.05, 3.63) is 35.9 Å². The van der Waals surface area contributed by atoms with Gasteiger partial charge in [0.05, 0.1) is 17.8 Å². The molecule has 0 radical (unpaired) electrons. The van der Waals surface area contributed by atoms with Crippen molar-refractivity contribution in [2.24, 2.45) is 0 Å². The van der Waals surface area contributed by atoms with Gasteiger partial charge < -0.3 is 10.1 Å². The Kier molecular flexibility index (Phi) is 5.20. The van der Waals surface area contributed by atoms with Crippen LogP contribution in [0.25, 0.3) is 0 Å². The summed E-state index contributed by atoms with van der Waals surface area (Å²) in [6.07, 6.45) is 3.96. The van der Waals surface area contributed by atoms with Crippen molar-refractivity contribution in [1.29, 1.82) is 0 Å². The van der Waals surface area contributed by atoms with Gasteiger partial charge in [-0.3, -0.25) is 0 Å². The fourth-order valence-electron chi connectivity index (χ4n) is 1.54. The van der Waals surface area contributed by atoms with Crippen molar-refractivity contribution in [2.45, 2.75) is 25.8 Å². The Morgan fingerprint density at radius 3 is 2.94 bits per heavy atom. The summed E-state index contributed by atoms with van der Waals surface area (Å²) in [5.74, 6) is 0.703. The largest absolute Gasteiger partial charge is 0.493 e. The lowest BCUT2D eigenvalue weighted by Crippen LogP contribution is -2.15. The van der Waals surface area contributed by atoms with E-state index >= 15 is 0 Å². The Balaban J connectivity index is 2.72. The minimum Gasteiger partial charge on any atom is -0.493 e. The van der Waals surface area contributed by atoms with Gasteiger partial charge in [-0.1, -0.05) is 23.7 Å². The van der Waals surface area contributed by atoms with Gasteiger partial charge in [-0.25, -0.2) is 0 Å². The van der Waals surface area contributed by atoms with E-state index in [9.17, 15) is 0 Å². The molecule has 0 bridgehead atoms. The number of para-hydroxylation sites is 1. The van der Waals surface area contributed by atoms with E-state index in [2.05, 4.69) is 18.8 Å². The summed E-state index contributed by atoms with van der Waals surface area (Å²) in [7, 11) is 1.63. The van der Waals surface area contributed by atoms with Crippen LogP contribution in [-0.2, 0) is 0 Å². The molecule has 0 fully saturated rings. The zero-order valence-corrected chi connectivity index (χ0v) is 10.6. The maximum atomic E-state index is 6.04. The molecular formula is C13H18ClNO. The number of rotatable bonds is 6. The van der Waals surface area contributed by atoms with Crippen molar-refractivity contribution < 1.29 is 4.74 Å². The molecule has 0 aromatic heterocycles. The van der Waals surface area contributed by atoms with Gasteiger partial charge >= 0.3 is 0 Å². The van der Waals surface area contributed by atoms with Crippen molar-refractivity contribution >= 4 is 17.3 Å². The zero-order valence-electron chi connectivity index (χ0n) is 9.79. The minimum absolute atomic E-state index is 0.366. The number of hydrogen-bond acceptors (Lipinski definition) is 2. The van der Waals surface area contributed by atoms with Crippen LogP contribution >= 0.6 is 11.6 Å². The number of benzene rings is 1. The van der Waals surface area contributed by atoms with Crippen LogP contribution in [0.5, 0.6) is 5.75 Å². The monoisotopic (exact) mass is 239 g/mol. The molecule has 0 aliphatic carbocycles. The minimum atomic E-state index is 0.366. The molecule has 0 amide bonds. The molecule has 0 heterocycles. The average Bonchev–Trinajstić information content (AvgIpc) is 2.27. The van der Waals surface area contributed by atoms with Crippen molar-refractivity contribution in [3.63, 3.8) is 0 Å². The third-order valence-corrected chi connectivity index (χ3v) is 2.67. The van der Waals surface area contributed by atoms with E-state index in [0.29, 0.717) is 16.8 Å². The second kappa shape index (κ2) is 6.44. The maximum absolute atomic E-state index is 6.04. The maximum Gasteiger partial charge on any atom is 0.160 e. The molecule has 1 aromatic rings. The van der Waals surface area contributed by atoms with Gasteiger partial charge in [0.1, 0.15) is 0 Å². The van der Waals surface area contributed by atoms with Crippen LogP contribution < -0.4 is 10.1 Å². The zero-order chi connectivity index (χ0) is 12.0. The van der Waals surface area contributed by atoms with Crippen LogP contribution in [-0.4, -0.2) is 13.2 Å². The summed E-state index contributed by atoms with van der Waals surface area (Å²) < 4.78 is 5.27. The molecule has 0 aliphatic rings. The SMILES string of the molecule is C=CCCC(C)Nc1cccc(Cl)c1OC. The molecule has 2 nitrogen and oxygen atoms in total. The molecular weight excluding hydrogens is 222 g/mol. The number of nitrogens with one attached hydrogen (secondary N) is 1. The van der Waals surface area contributed by atoms with E-state index in [1.54, 1.807) is 7.11 Å². The number of halogens is 1. The predicted octanol–water partition coefficient (Wildman–Crippen LogP) is 4.12. The first kappa shape index (κ1) is 12.9. The standard InChI is InChI=1S/C13H18ClNO/c1-4-5-7-10(2)15-12-9-6-8-11(14)13(12)16-3/h4,6,8-10,15H,1,5,7H2,2-3H3. The van der Waals surface area contributed by atoms with Gasteiger partial charge in [0.25, 0.3) is 0 Å². The van der Waals surface area contributed by atoms with Crippen molar-refractivity contribution in [1.82, 2.24) is 0 Å². The van der Waals surface area contributed by atoms with E-state index in [1.165, 1.54) is 0 Å². The number of methoxy groups -OCH3 is 1. The highest BCUT2D eigenvalue weighted by Crippen LogP contribution is 2.33. The lowest BCUT2D eigenvalue weighted by molar-refractivity contribution is 0.416. The highest BCUT2D eigenvalue weighted by atomic mass is 35.5. The summed E-state index contributed by atoms with van der Waals surface area (Å²) >= 11 is 6.04. The lowest BCUT2D eigenvalue weighted by Gasteiger charge is -2.17. The Bertz CT molecular complexity index is 352. The molecule has 0 aliphatic heterocycles. The summed E-state index contributed by atoms with van der Waals surface area (Å²) in [5, 5.41) is 4.01. The Morgan fingerprint density at radius 1 is 1.56 bits per heavy atom. The van der Waals surface area contributed by atoms with Crippen molar-refractivity contribution in [2.75, 3.05) is 12.4 Å². The van der Waals surface area contributed by atoms with Crippen LogP contribution in [0, 0.1) is 0 Å². The van der Waals surface area contributed by atoms with Crippen LogP contribution in [0.3, 0.4) is 0 Å². The molecule has 0 saturated heterocycles. The van der Waals surface area contributed by atoms with Crippen LogP contribution in [0.1, 0.15) is 19.8 Å². The molecule has 0 spiro atoms. The fourth-order valence-corrected chi connectivity index (χ4v) is 1.79.